The molecule has 112 valence electrons. The summed E-state index contributed by atoms with van der Waals surface area (Å²) in [5.41, 5.74) is 1.32. The van der Waals surface area contributed by atoms with Crippen LogP contribution in [-0.2, 0) is 6.54 Å². The van der Waals surface area contributed by atoms with E-state index in [1.54, 1.807) is 6.07 Å². The fourth-order valence-electron chi connectivity index (χ4n) is 3.16. The molecular formula is C17H22FN3. The molecule has 3 rings (SSSR count). The van der Waals surface area contributed by atoms with Gasteiger partial charge in [-0.3, -0.25) is 4.90 Å². The van der Waals surface area contributed by atoms with Crippen molar-refractivity contribution < 1.29 is 4.39 Å². The van der Waals surface area contributed by atoms with Crippen LogP contribution in [0.5, 0.6) is 0 Å². The summed E-state index contributed by atoms with van der Waals surface area (Å²) in [7, 11) is 0. The lowest BCUT2D eigenvalue weighted by molar-refractivity contribution is 0.231. The maximum absolute atomic E-state index is 13.6. The Balaban J connectivity index is 1.67. The highest BCUT2D eigenvalue weighted by Gasteiger charge is 2.26. The second-order valence-corrected chi connectivity index (χ2v) is 6.39. The van der Waals surface area contributed by atoms with Crippen LogP contribution in [0, 0.1) is 23.1 Å². The van der Waals surface area contributed by atoms with Crippen molar-refractivity contribution in [1.82, 2.24) is 10.2 Å². The van der Waals surface area contributed by atoms with Crippen LogP contribution in [0.3, 0.4) is 0 Å². The number of rotatable bonds is 6. The maximum Gasteiger partial charge on any atom is 0.124 e. The number of hydrogen-bond acceptors (Lipinski definition) is 3. The largest absolute Gasteiger partial charge is 0.313 e. The van der Waals surface area contributed by atoms with Gasteiger partial charge in [-0.1, -0.05) is 0 Å². The molecule has 0 radical (unpaired) electrons. The van der Waals surface area contributed by atoms with Crippen LogP contribution in [0.1, 0.15) is 36.8 Å². The van der Waals surface area contributed by atoms with Crippen molar-refractivity contribution in [2.75, 3.05) is 19.6 Å². The molecule has 1 aromatic rings. The van der Waals surface area contributed by atoms with E-state index in [-0.39, 0.29) is 5.82 Å². The van der Waals surface area contributed by atoms with Gasteiger partial charge < -0.3 is 5.32 Å². The Hall–Kier alpha value is -1.44. The van der Waals surface area contributed by atoms with Crippen LogP contribution >= 0.6 is 0 Å². The van der Waals surface area contributed by atoms with Crippen LogP contribution < -0.4 is 5.32 Å². The first kappa shape index (κ1) is 14.5. The third kappa shape index (κ3) is 4.26. The van der Waals surface area contributed by atoms with E-state index in [1.165, 1.54) is 31.7 Å². The third-order valence-electron chi connectivity index (χ3n) is 4.35. The molecule has 2 fully saturated rings. The average Bonchev–Trinajstić information content (AvgIpc) is 3.11. The van der Waals surface area contributed by atoms with Crippen molar-refractivity contribution >= 4 is 0 Å². The highest BCUT2D eigenvalue weighted by Crippen LogP contribution is 2.30. The number of halogens is 1. The zero-order chi connectivity index (χ0) is 14.7. The van der Waals surface area contributed by atoms with Crippen molar-refractivity contribution in [3.05, 3.63) is 35.1 Å². The molecule has 21 heavy (non-hydrogen) atoms. The first-order chi connectivity index (χ1) is 10.2. The monoisotopic (exact) mass is 287 g/mol. The first-order valence-corrected chi connectivity index (χ1v) is 7.88. The topological polar surface area (TPSA) is 39.1 Å². The van der Waals surface area contributed by atoms with Gasteiger partial charge in [0.25, 0.3) is 0 Å². The van der Waals surface area contributed by atoms with E-state index in [2.05, 4.69) is 10.2 Å². The molecule has 0 amide bonds. The Bertz CT molecular complexity index is 527. The van der Waals surface area contributed by atoms with Gasteiger partial charge in [-0.15, -0.1) is 0 Å². The van der Waals surface area contributed by atoms with Crippen molar-refractivity contribution in [3.8, 4) is 6.07 Å². The molecule has 0 bridgehead atoms. The van der Waals surface area contributed by atoms with Crippen LogP contribution in [0.2, 0.25) is 0 Å². The molecule has 1 unspecified atom stereocenters. The van der Waals surface area contributed by atoms with Gasteiger partial charge in [0.1, 0.15) is 5.82 Å². The van der Waals surface area contributed by atoms with Crippen LogP contribution in [0.25, 0.3) is 0 Å². The van der Waals surface area contributed by atoms with Gasteiger partial charge >= 0.3 is 0 Å². The predicted molar refractivity (Wildman–Crippen MR) is 80.1 cm³/mol. The standard InChI is InChI=1S/C17H22FN3/c18-16-7-14(9-19)6-15(8-16)11-21(10-13-3-4-13)12-17-2-1-5-20-17/h6-8,13,17,20H,1-5,10-12H2. The quantitative estimate of drug-likeness (QED) is 0.874. The van der Waals surface area contributed by atoms with Gasteiger partial charge in [0.15, 0.2) is 0 Å². The van der Waals surface area contributed by atoms with Crippen LogP contribution in [0.4, 0.5) is 4.39 Å². The SMILES string of the molecule is N#Cc1cc(F)cc(CN(CC2CC2)CC2CCCN2)c1. The molecule has 1 heterocycles. The Kier molecular flexibility index (Phi) is 4.52. The molecule has 3 nitrogen and oxygen atoms in total. The highest BCUT2D eigenvalue weighted by molar-refractivity contribution is 5.33. The third-order valence-corrected chi connectivity index (χ3v) is 4.35. The molecule has 1 aromatic carbocycles. The fraction of sp³-hybridized carbons (Fsp3) is 0.588. The lowest BCUT2D eigenvalue weighted by Gasteiger charge is -2.26. The summed E-state index contributed by atoms with van der Waals surface area (Å²) in [5, 5.41) is 12.5. The Morgan fingerprint density at radius 3 is 2.76 bits per heavy atom. The van der Waals surface area contributed by atoms with Gasteiger partial charge in [0.05, 0.1) is 11.6 Å². The lowest BCUT2D eigenvalue weighted by Crippen LogP contribution is -2.38. The van der Waals surface area contributed by atoms with Crippen LogP contribution in [0.15, 0.2) is 18.2 Å². The van der Waals surface area contributed by atoms with Gasteiger partial charge in [-0.2, -0.15) is 5.26 Å². The Morgan fingerprint density at radius 2 is 2.10 bits per heavy atom. The fourth-order valence-corrected chi connectivity index (χ4v) is 3.16. The highest BCUT2D eigenvalue weighted by atomic mass is 19.1. The molecule has 1 N–H and O–H groups in total. The smallest absolute Gasteiger partial charge is 0.124 e. The van der Waals surface area contributed by atoms with E-state index in [0.29, 0.717) is 11.6 Å². The minimum atomic E-state index is -0.311. The van der Waals surface area contributed by atoms with Crippen LogP contribution in [-0.4, -0.2) is 30.6 Å². The summed E-state index contributed by atoms with van der Waals surface area (Å²) in [5.74, 6) is 0.504. The van der Waals surface area contributed by atoms with Gasteiger partial charge in [0, 0.05) is 25.7 Å². The summed E-state index contributed by atoms with van der Waals surface area (Å²) in [6.45, 7) is 3.97. The number of benzene rings is 1. The van der Waals surface area contributed by atoms with E-state index in [9.17, 15) is 4.39 Å². The second-order valence-electron chi connectivity index (χ2n) is 6.39. The van der Waals surface area contributed by atoms with E-state index >= 15 is 0 Å². The molecule has 1 saturated carbocycles. The normalized spacial score (nSPS) is 21.7. The predicted octanol–water partition coefficient (Wildman–Crippen LogP) is 2.66. The summed E-state index contributed by atoms with van der Waals surface area (Å²) < 4.78 is 13.6. The Morgan fingerprint density at radius 1 is 1.24 bits per heavy atom. The first-order valence-electron chi connectivity index (χ1n) is 7.88. The summed E-state index contributed by atoms with van der Waals surface area (Å²) >= 11 is 0. The van der Waals surface area contributed by atoms with Gasteiger partial charge in [-0.25, -0.2) is 4.39 Å². The van der Waals surface area contributed by atoms with E-state index in [4.69, 9.17) is 5.26 Å². The van der Waals surface area contributed by atoms with Crippen molar-refractivity contribution in [3.63, 3.8) is 0 Å². The Labute approximate surface area is 125 Å². The molecule has 4 heteroatoms. The molecule has 1 aliphatic carbocycles. The number of nitriles is 1. The minimum absolute atomic E-state index is 0.311. The molecule has 1 aliphatic heterocycles. The number of nitrogens with one attached hydrogen (secondary N) is 1. The zero-order valence-corrected chi connectivity index (χ0v) is 12.3. The molecular weight excluding hydrogens is 265 g/mol. The minimum Gasteiger partial charge on any atom is -0.313 e. The second kappa shape index (κ2) is 6.55. The van der Waals surface area contributed by atoms with Gasteiger partial charge in [-0.05, 0) is 61.9 Å². The molecule has 2 aliphatic rings. The van der Waals surface area contributed by atoms with Gasteiger partial charge in [0.2, 0.25) is 0 Å². The van der Waals surface area contributed by atoms with E-state index in [0.717, 1.165) is 37.7 Å². The summed E-state index contributed by atoms with van der Waals surface area (Å²) in [4.78, 5) is 2.43. The van der Waals surface area contributed by atoms with E-state index < -0.39 is 0 Å². The lowest BCUT2D eigenvalue weighted by atomic mass is 10.1. The molecule has 0 aromatic heterocycles. The van der Waals surface area contributed by atoms with Crippen molar-refractivity contribution in [2.45, 2.75) is 38.3 Å². The number of hydrogen-bond donors (Lipinski definition) is 1. The molecule has 0 spiro atoms. The maximum atomic E-state index is 13.6. The summed E-state index contributed by atoms with van der Waals surface area (Å²) in [6, 6.07) is 7.27. The number of nitrogens with zero attached hydrogens (tertiary/aromatic N) is 2. The molecule has 1 saturated heterocycles. The summed E-state index contributed by atoms with van der Waals surface area (Å²) in [6.07, 6.45) is 5.12. The average molecular weight is 287 g/mol. The molecule has 1 atom stereocenters. The van der Waals surface area contributed by atoms with Crippen molar-refractivity contribution in [1.29, 1.82) is 5.26 Å². The zero-order valence-electron chi connectivity index (χ0n) is 12.3. The van der Waals surface area contributed by atoms with Crippen molar-refractivity contribution in [2.24, 2.45) is 5.92 Å². The van der Waals surface area contributed by atoms with E-state index in [1.807, 2.05) is 12.1 Å².